The fraction of sp³-hybridized carbons (Fsp3) is 0.333. The molecule has 2 aromatic rings. The smallest absolute Gasteiger partial charge is 0.0306 e. The molecule has 20 heavy (non-hydrogen) atoms. The van der Waals surface area contributed by atoms with Crippen LogP contribution in [-0.4, -0.2) is 0 Å². The maximum Gasteiger partial charge on any atom is 0.0306 e. The molecule has 2 heteroatoms. The zero-order valence-corrected chi connectivity index (χ0v) is 13.4. The van der Waals surface area contributed by atoms with Crippen LogP contribution < -0.4 is 5.32 Å². The first-order chi connectivity index (χ1) is 9.75. The van der Waals surface area contributed by atoms with Gasteiger partial charge in [-0.25, -0.2) is 0 Å². The Morgan fingerprint density at radius 1 is 1.10 bits per heavy atom. The van der Waals surface area contributed by atoms with Crippen molar-refractivity contribution in [3.63, 3.8) is 0 Å². The van der Waals surface area contributed by atoms with Gasteiger partial charge in [-0.15, -0.1) is 0 Å². The molecule has 0 radical (unpaired) electrons. The first kappa shape index (κ1) is 13.8. The van der Waals surface area contributed by atoms with E-state index in [2.05, 4.69) is 76.7 Å². The van der Waals surface area contributed by atoms with E-state index in [-0.39, 0.29) is 0 Å². The monoisotopic (exact) mass is 329 g/mol. The molecule has 2 aromatic carbocycles. The molecule has 1 atom stereocenters. The number of hydrogen-bond acceptors (Lipinski definition) is 1. The summed E-state index contributed by atoms with van der Waals surface area (Å²) in [6.45, 7) is 3.16. The van der Waals surface area contributed by atoms with E-state index in [1.165, 1.54) is 28.4 Å². The van der Waals surface area contributed by atoms with Crippen molar-refractivity contribution < 1.29 is 0 Å². The average Bonchev–Trinajstić information content (AvgIpc) is 3.30. The zero-order chi connectivity index (χ0) is 13.9. The molecule has 1 nitrogen and oxygen atoms in total. The maximum atomic E-state index is 3.65. The van der Waals surface area contributed by atoms with Gasteiger partial charge in [0.1, 0.15) is 0 Å². The van der Waals surface area contributed by atoms with E-state index in [1.54, 1.807) is 5.56 Å². The van der Waals surface area contributed by atoms with Gasteiger partial charge in [0, 0.05) is 17.1 Å². The van der Waals surface area contributed by atoms with Crippen LogP contribution >= 0.6 is 15.9 Å². The van der Waals surface area contributed by atoms with Gasteiger partial charge in [-0.1, -0.05) is 58.4 Å². The largest absolute Gasteiger partial charge is 0.306 e. The van der Waals surface area contributed by atoms with Gasteiger partial charge in [0.05, 0.1) is 0 Å². The highest BCUT2D eigenvalue weighted by atomic mass is 79.9. The highest BCUT2D eigenvalue weighted by Crippen LogP contribution is 2.41. The van der Waals surface area contributed by atoms with Crippen molar-refractivity contribution in [3.8, 4) is 0 Å². The predicted octanol–water partition coefficient (Wildman–Crippen LogP) is 5.18. The highest BCUT2D eigenvalue weighted by Gasteiger charge is 2.25. The molecular formula is C18H20BrN. The molecule has 1 aliphatic carbocycles. The number of benzene rings is 2. The normalized spacial score (nSPS) is 16.1. The summed E-state index contributed by atoms with van der Waals surface area (Å²) >= 11 is 3.63. The van der Waals surface area contributed by atoms with Crippen LogP contribution in [0.3, 0.4) is 0 Å². The molecule has 0 heterocycles. The summed E-state index contributed by atoms with van der Waals surface area (Å²) in [4.78, 5) is 0. The first-order valence-electron chi connectivity index (χ1n) is 7.31. The maximum absolute atomic E-state index is 3.65. The van der Waals surface area contributed by atoms with Crippen molar-refractivity contribution in [2.24, 2.45) is 0 Å². The summed E-state index contributed by atoms with van der Waals surface area (Å²) in [6.07, 6.45) is 2.72. The topological polar surface area (TPSA) is 12.0 Å². The first-order valence-corrected chi connectivity index (χ1v) is 8.10. The number of nitrogens with one attached hydrogen (secondary N) is 1. The second-order valence-corrected chi connectivity index (χ2v) is 6.45. The van der Waals surface area contributed by atoms with Crippen LogP contribution in [0.1, 0.15) is 48.4 Å². The lowest BCUT2D eigenvalue weighted by atomic mass is 10.0. The summed E-state index contributed by atoms with van der Waals surface area (Å²) in [6, 6.07) is 17.6. The molecule has 104 valence electrons. The van der Waals surface area contributed by atoms with Gasteiger partial charge < -0.3 is 5.32 Å². The SMILES string of the molecule is C[C@@H](NCc1ccccc1C1CC1)c1ccccc1Br. The Labute approximate surface area is 129 Å². The zero-order valence-electron chi connectivity index (χ0n) is 11.8. The van der Waals surface area contributed by atoms with Gasteiger partial charge in [0.25, 0.3) is 0 Å². The fourth-order valence-electron chi connectivity index (χ4n) is 2.69. The van der Waals surface area contributed by atoms with Crippen LogP contribution in [0.25, 0.3) is 0 Å². The lowest BCUT2D eigenvalue weighted by Crippen LogP contribution is -2.19. The lowest BCUT2D eigenvalue weighted by molar-refractivity contribution is 0.570. The van der Waals surface area contributed by atoms with Gasteiger partial charge in [0.2, 0.25) is 0 Å². The minimum Gasteiger partial charge on any atom is -0.306 e. The van der Waals surface area contributed by atoms with Gasteiger partial charge >= 0.3 is 0 Å². The summed E-state index contributed by atoms with van der Waals surface area (Å²) in [5.41, 5.74) is 4.31. The molecular weight excluding hydrogens is 310 g/mol. The molecule has 0 saturated heterocycles. The second-order valence-electron chi connectivity index (χ2n) is 5.60. The molecule has 0 aliphatic heterocycles. The Hall–Kier alpha value is -1.12. The van der Waals surface area contributed by atoms with E-state index in [9.17, 15) is 0 Å². The Morgan fingerprint density at radius 3 is 2.55 bits per heavy atom. The van der Waals surface area contributed by atoms with Gasteiger partial charge in [-0.3, -0.25) is 0 Å². The van der Waals surface area contributed by atoms with E-state index >= 15 is 0 Å². The Kier molecular flexibility index (Phi) is 4.23. The third-order valence-electron chi connectivity index (χ3n) is 4.04. The average molecular weight is 330 g/mol. The third kappa shape index (κ3) is 3.13. The minimum atomic E-state index is 0.345. The van der Waals surface area contributed by atoms with Crippen LogP contribution in [-0.2, 0) is 6.54 Å². The van der Waals surface area contributed by atoms with Crippen molar-refractivity contribution in [2.75, 3.05) is 0 Å². The molecule has 3 rings (SSSR count). The van der Waals surface area contributed by atoms with Crippen molar-refractivity contribution in [2.45, 2.75) is 38.3 Å². The molecule has 0 unspecified atom stereocenters. The quantitative estimate of drug-likeness (QED) is 0.797. The van der Waals surface area contributed by atoms with Crippen LogP contribution in [0, 0.1) is 0 Å². The number of hydrogen-bond donors (Lipinski definition) is 1. The standard InChI is InChI=1S/C18H20BrN/c1-13(16-7-4-5-9-18(16)19)20-12-15-6-2-3-8-17(15)14-10-11-14/h2-9,13-14,20H,10-12H2,1H3/t13-/m1/s1. The molecule has 1 N–H and O–H groups in total. The molecule has 0 amide bonds. The molecule has 0 aromatic heterocycles. The van der Waals surface area contributed by atoms with Crippen molar-refractivity contribution in [1.82, 2.24) is 5.32 Å². The number of halogens is 1. The van der Waals surface area contributed by atoms with E-state index < -0.39 is 0 Å². The van der Waals surface area contributed by atoms with Crippen LogP contribution in [0.15, 0.2) is 53.0 Å². The van der Waals surface area contributed by atoms with Gasteiger partial charge in [-0.05, 0) is 48.4 Å². The second kappa shape index (κ2) is 6.11. The number of rotatable bonds is 5. The molecule has 0 bridgehead atoms. The summed E-state index contributed by atoms with van der Waals surface area (Å²) in [5, 5.41) is 3.65. The molecule has 1 aliphatic rings. The Morgan fingerprint density at radius 2 is 1.80 bits per heavy atom. The third-order valence-corrected chi connectivity index (χ3v) is 4.76. The lowest BCUT2D eigenvalue weighted by Gasteiger charge is -2.17. The molecule has 1 saturated carbocycles. The van der Waals surface area contributed by atoms with Crippen LogP contribution in [0.4, 0.5) is 0 Å². The molecule has 1 fully saturated rings. The van der Waals surface area contributed by atoms with Gasteiger partial charge in [0.15, 0.2) is 0 Å². The van der Waals surface area contributed by atoms with Crippen LogP contribution in [0.2, 0.25) is 0 Å². The summed E-state index contributed by atoms with van der Waals surface area (Å²) < 4.78 is 1.18. The van der Waals surface area contributed by atoms with Gasteiger partial charge in [-0.2, -0.15) is 0 Å². The summed E-state index contributed by atoms with van der Waals surface area (Å²) in [5.74, 6) is 0.812. The van der Waals surface area contributed by atoms with Crippen molar-refractivity contribution in [1.29, 1.82) is 0 Å². The Bertz CT molecular complexity index is 589. The van der Waals surface area contributed by atoms with E-state index in [0.717, 1.165) is 12.5 Å². The predicted molar refractivity (Wildman–Crippen MR) is 87.8 cm³/mol. The molecule has 0 spiro atoms. The van der Waals surface area contributed by atoms with Crippen LogP contribution in [0.5, 0.6) is 0 Å². The van der Waals surface area contributed by atoms with E-state index in [1.807, 2.05) is 0 Å². The Balaban J connectivity index is 1.69. The van der Waals surface area contributed by atoms with E-state index in [4.69, 9.17) is 0 Å². The highest BCUT2D eigenvalue weighted by molar-refractivity contribution is 9.10. The van der Waals surface area contributed by atoms with E-state index in [0.29, 0.717) is 6.04 Å². The minimum absolute atomic E-state index is 0.345. The fourth-order valence-corrected chi connectivity index (χ4v) is 3.32. The van der Waals surface area contributed by atoms with Crippen molar-refractivity contribution in [3.05, 3.63) is 69.7 Å². The van der Waals surface area contributed by atoms with Crippen molar-refractivity contribution >= 4 is 15.9 Å². The summed E-state index contributed by atoms with van der Waals surface area (Å²) in [7, 11) is 0.